The fourth-order valence-electron chi connectivity index (χ4n) is 2.34. The largest absolute Gasteiger partial charge is 0.474 e. The second kappa shape index (κ2) is 8.12. The monoisotopic (exact) mass is 413 g/mol. The minimum Gasteiger partial charge on any atom is -0.474 e. The first-order chi connectivity index (χ1) is 13.4. The van der Waals surface area contributed by atoms with Crippen molar-refractivity contribution in [2.75, 3.05) is 5.32 Å². The van der Waals surface area contributed by atoms with Gasteiger partial charge in [0.1, 0.15) is 0 Å². The number of carbonyl (C=O) groups is 1. The lowest BCUT2D eigenvalue weighted by atomic mass is 10.1. The summed E-state index contributed by atoms with van der Waals surface area (Å²) in [5.41, 5.74) is -2.75. The number of rotatable bonds is 6. The summed E-state index contributed by atoms with van der Waals surface area (Å²) in [6, 6.07) is 5.85. The van der Waals surface area contributed by atoms with Crippen molar-refractivity contribution in [3.8, 4) is 5.75 Å². The summed E-state index contributed by atoms with van der Waals surface area (Å²) in [6.45, 7) is 2.80. The Hall–Kier alpha value is -3.70. The van der Waals surface area contributed by atoms with E-state index in [1.54, 1.807) is 6.92 Å². The van der Waals surface area contributed by atoms with Crippen molar-refractivity contribution < 1.29 is 32.5 Å². The molecule has 0 unspecified atom stereocenters. The van der Waals surface area contributed by atoms with Crippen molar-refractivity contribution >= 4 is 23.0 Å². The third-order valence-electron chi connectivity index (χ3n) is 3.76. The molecule has 0 heterocycles. The van der Waals surface area contributed by atoms with E-state index in [1.807, 2.05) is 5.32 Å². The standard InChI is InChI=1S/C17H14F3N3O6/c1-9-3-6-15(14(7-9)23(27)28)29-10(2)16(24)21-13-5-4-11(22(25)26)8-12(13)17(18,19)20/h3-8,10H,1-2H3,(H,21,24)/t10-/m1/s1. The zero-order valence-corrected chi connectivity index (χ0v) is 15.0. The molecule has 12 heteroatoms. The highest BCUT2D eigenvalue weighted by Crippen LogP contribution is 2.37. The van der Waals surface area contributed by atoms with Gasteiger partial charge in [0.2, 0.25) is 0 Å². The molecule has 0 aliphatic heterocycles. The second-order valence-corrected chi connectivity index (χ2v) is 5.96. The normalized spacial score (nSPS) is 12.2. The van der Waals surface area contributed by atoms with Gasteiger partial charge in [-0.2, -0.15) is 13.2 Å². The van der Waals surface area contributed by atoms with Gasteiger partial charge in [0.05, 0.1) is 21.1 Å². The lowest BCUT2D eigenvalue weighted by molar-refractivity contribution is -0.386. The van der Waals surface area contributed by atoms with E-state index in [1.165, 1.54) is 25.1 Å². The van der Waals surface area contributed by atoms with Crippen LogP contribution >= 0.6 is 0 Å². The molecule has 0 spiro atoms. The summed E-state index contributed by atoms with van der Waals surface area (Å²) in [5, 5.41) is 23.8. The van der Waals surface area contributed by atoms with Crippen LogP contribution in [-0.4, -0.2) is 21.9 Å². The van der Waals surface area contributed by atoms with Crippen molar-refractivity contribution in [2.45, 2.75) is 26.1 Å². The minimum absolute atomic E-state index is 0.233. The lowest BCUT2D eigenvalue weighted by Gasteiger charge is -2.17. The van der Waals surface area contributed by atoms with Crippen LogP contribution in [0, 0.1) is 27.2 Å². The fourth-order valence-corrected chi connectivity index (χ4v) is 2.34. The first kappa shape index (κ1) is 21.6. The number of benzene rings is 2. The number of carbonyl (C=O) groups excluding carboxylic acids is 1. The van der Waals surface area contributed by atoms with E-state index in [0.717, 1.165) is 12.1 Å². The summed E-state index contributed by atoms with van der Waals surface area (Å²) < 4.78 is 44.8. The lowest BCUT2D eigenvalue weighted by Crippen LogP contribution is -2.31. The molecule has 1 amide bonds. The van der Waals surface area contributed by atoms with Crippen LogP contribution in [0.25, 0.3) is 0 Å². The molecule has 0 saturated carbocycles. The molecule has 2 rings (SSSR count). The Balaban J connectivity index is 2.27. The van der Waals surface area contributed by atoms with E-state index in [2.05, 4.69) is 0 Å². The van der Waals surface area contributed by atoms with Crippen molar-refractivity contribution in [2.24, 2.45) is 0 Å². The molecular formula is C17H14F3N3O6. The van der Waals surface area contributed by atoms with Gasteiger partial charge in [-0.1, -0.05) is 6.07 Å². The number of hydrogen-bond donors (Lipinski definition) is 1. The molecule has 1 atom stereocenters. The molecule has 0 aliphatic carbocycles. The Labute approximate surface area is 161 Å². The molecule has 1 N–H and O–H groups in total. The van der Waals surface area contributed by atoms with Crippen molar-refractivity contribution in [3.05, 3.63) is 67.8 Å². The number of nitro groups is 2. The van der Waals surface area contributed by atoms with Gasteiger partial charge in [0.15, 0.2) is 11.9 Å². The van der Waals surface area contributed by atoms with Gasteiger partial charge in [-0.25, -0.2) is 0 Å². The minimum atomic E-state index is -4.96. The van der Waals surface area contributed by atoms with Crippen molar-refractivity contribution in [1.82, 2.24) is 0 Å². The van der Waals surface area contributed by atoms with E-state index in [9.17, 15) is 38.2 Å². The highest BCUT2D eigenvalue weighted by Gasteiger charge is 2.36. The maximum atomic E-state index is 13.2. The number of aryl methyl sites for hydroxylation is 1. The van der Waals surface area contributed by atoms with E-state index in [4.69, 9.17) is 4.74 Å². The van der Waals surface area contributed by atoms with E-state index in [0.29, 0.717) is 11.6 Å². The first-order valence-electron chi connectivity index (χ1n) is 7.98. The number of anilines is 1. The summed E-state index contributed by atoms with van der Waals surface area (Å²) in [7, 11) is 0. The first-order valence-corrected chi connectivity index (χ1v) is 7.98. The van der Waals surface area contributed by atoms with E-state index < -0.39 is 50.7 Å². The van der Waals surface area contributed by atoms with Gasteiger partial charge in [-0.15, -0.1) is 0 Å². The summed E-state index contributed by atoms with van der Waals surface area (Å²) >= 11 is 0. The predicted octanol–water partition coefficient (Wildman–Crippen LogP) is 4.24. The molecule has 0 fully saturated rings. The van der Waals surface area contributed by atoms with Gasteiger partial charge < -0.3 is 10.1 Å². The summed E-state index contributed by atoms with van der Waals surface area (Å²) in [6.07, 6.45) is -6.36. The average molecular weight is 413 g/mol. The number of nitrogens with one attached hydrogen (secondary N) is 1. The maximum Gasteiger partial charge on any atom is 0.418 e. The molecule has 0 bridgehead atoms. The summed E-state index contributed by atoms with van der Waals surface area (Å²) in [4.78, 5) is 32.4. The van der Waals surface area contributed by atoms with Crippen LogP contribution in [0.3, 0.4) is 0 Å². The number of amides is 1. The number of hydrogen-bond acceptors (Lipinski definition) is 6. The second-order valence-electron chi connectivity index (χ2n) is 5.96. The Morgan fingerprint density at radius 3 is 2.31 bits per heavy atom. The molecule has 0 aromatic heterocycles. The maximum absolute atomic E-state index is 13.2. The Kier molecular flexibility index (Phi) is 6.05. The van der Waals surface area contributed by atoms with Crippen LogP contribution in [0.4, 0.5) is 30.2 Å². The van der Waals surface area contributed by atoms with Gasteiger partial charge in [-0.05, 0) is 31.5 Å². The molecule has 2 aromatic carbocycles. The summed E-state index contributed by atoms with van der Waals surface area (Å²) in [5.74, 6) is -1.26. The molecule has 2 aromatic rings. The zero-order valence-electron chi connectivity index (χ0n) is 15.0. The number of ether oxygens (including phenoxy) is 1. The van der Waals surface area contributed by atoms with Crippen molar-refractivity contribution in [3.63, 3.8) is 0 Å². The quantitative estimate of drug-likeness (QED) is 0.558. The number of nitrogens with zero attached hydrogens (tertiary/aromatic N) is 2. The third kappa shape index (κ3) is 5.18. The topological polar surface area (TPSA) is 125 Å². The Bertz CT molecular complexity index is 977. The number of nitro benzene ring substituents is 2. The predicted molar refractivity (Wildman–Crippen MR) is 94.7 cm³/mol. The van der Waals surface area contributed by atoms with E-state index >= 15 is 0 Å². The van der Waals surface area contributed by atoms with Gasteiger partial charge in [0.25, 0.3) is 11.6 Å². The fraction of sp³-hybridized carbons (Fsp3) is 0.235. The zero-order chi connectivity index (χ0) is 21.9. The Morgan fingerprint density at radius 1 is 1.10 bits per heavy atom. The van der Waals surface area contributed by atoms with Crippen LogP contribution in [0.1, 0.15) is 18.1 Å². The highest BCUT2D eigenvalue weighted by molar-refractivity contribution is 5.95. The number of halogens is 3. The molecule has 29 heavy (non-hydrogen) atoms. The van der Waals surface area contributed by atoms with Crippen molar-refractivity contribution in [1.29, 1.82) is 0 Å². The molecule has 0 aliphatic rings. The average Bonchev–Trinajstić information content (AvgIpc) is 2.62. The molecule has 0 saturated heterocycles. The highest BCUT2D eigenvalue weighted by atomic mass is 19.4. The van der Waals surface area contributed by atoms with Crippen LogP contribution < -0.4 is 10.1 Å². The van der Waals surface area contributed by atoms with Gasteiger partial charge in [0, 0.05) is 18.2 Å². The SMILES string of the molecule is Cc1ccc(O[C@H](C)C(=O)Nc2ccc([N+](=O)[O-])cc2C(F)(F)F)c([N+](=O)[O-])c1. The number of alkyl halides is 3. The molecule has 0 radical (unpaired) electrons. The van der Waals surface area contributed by atoms with Crippen LogP contribution in [0.15, 0.2) is 36.4 Å². The van der Waals surface area contributed by atoms with Gasteiger partial charge >= 0.3 is 11.9 Å². The molecule has 9 nitrogen and oxygen atoms in total. The molecular weight excluding hydrogens is 399 g/mol. The Morgan fingerprint density at radius 2 is 1.76 bits per heavy atom. The van der Waals surface area contributed by atoms with Crippen LogP contribution in [0.5, 0.6) is 5.75 Å². The molecule has 154 valence electrons. The van der Waals surface area contributed by atoms with E-state index in [-0.39, 0.29) is 5.75 Å². The third-order valence-corrected chi connectivity index (χ3v) is 3.76. The van der Waals surface area contributed by atoms with Crippen LogP contribution in [0.2, 0.25) is 0 Å². The smallest absolute Gasteiger partial charge is 0.418 e. The van der Waals surface area contributed by atoms with Crippen LogP contribution in [-0.2, 0) is 11.0 Å². The number of non-ortho nitro benzene ring substituents is 1. The van der Waals surface area contributed by atoms with Gasteiger partial charge in [-0.3, -0.25) is 25.0 Å².